The zero-order valence-corrected chi connectivity index (χ0v) is 12.2. The second-order valence-electron chi connectivity index (χ2n) is 4.93. The third-order valence-electron chi connectivity index (χ3n) is 3.03. The summed E-state index contributed by atoms with van der Waals surface area (Å²) in [5.74, 6) is -0.432. The van der Waals surface area contributed by atoms with Crippen LogP contribution in [-0.2, 0) is 4.74 Å². The van der Waals surface area contributed by atoms with Crippen molar-refractivity contribution >= 4 is 23.5 Å². The largest absolute Gasteiger partial charge is 0.372 e. The predicted octanol–water partition coefficient (Wildman–Crippen LogP) is 2.30. The minimum Gasteiger partial charge on any atom is -0.372 e. The van der Waals surface area contributed by atoms with Gasteiger partial charge in [0, 0.05) is 23.7 Å². The van der Waals surface area contributed by atoms with Crippen molar-refractivity contribution in [1.82, 2.24) is 10.2 Å². The van der Waals surface area contributed by atoms with Crippen molar-refractivity contribution in [3.63, 3.8) is 0 Å². The summed E-state index contributed by atoms with van der Waals surface area (Å²) in [7, 11) is 0. The summed E-state index contributed by atoms with van der Waals surface area (Å²) in [6.07, 6.45) is -0.0646. The van der Waals surface area contributed by atoms with Crippen LogP contribution in [0.4, 0.5) is 4.79 Å². The lowest BCUT2D eigenvalue weighted by molar-refractivity contribution is -0.0543. The number of rotatable bonds is 1. The molecule has 1 aliphatic rings. The molecule has 0 aliphatic carbocycles. The van der Waals surface area contributed by atoms with Gasteiger partial charge in [0.25, 0.3) is 5.91 Å². The molecule has 1 N–H and O–H groups in total. The Morgan fingerprint density at radius 3 is 2.30 bits per heavy atom. The van der Waals surface area contributed by atoms with E-state index in [1.165, 1.54) is 0 Å². The van der Waals surface area contributed by atoms with Gasteiger partial charge in [-0.05, 0) is 38.1 Å². The van der Waals surface area contributed by atoms with Crippen LogP contribution in [0.2, 0.25) is 5.02 Å². The molecule has 1 saturated heterocycles. The van der Waals surface area contributed by atoms with Crippen LogP contribution in [0.3, 0.4) is 0 Å². The van der Waals surface area contributed by atoms with Gasteiger partial charge in [-0.25, -0.2) is 4.79 Å². The summed E-state index contributed by atoms with van der Waals surface area (Å²) in [6.45, 7) is 4.75. The van der Waals surface area contributed by atoms with E-state index in [1.807, 2.05) is 13.8 Å². The summed E-state index contributed by atoms with van der Waals surface area (Å²) >= 11 is 5.76. The molecule has 1 aromatic rings. The zero-order chi connectivity index (χ0) is 14.7. The first kappa shape index (κ1) is 14.8. The molecule has 1 aromatic carbocycles. The SMILES string of the molecule is C[C@H]1CN(C(=O)NC(=O)c2ccc(Cl)cc2)C[C@H](C)O1. The van der Waals surface area contributed by atoms with Crippen molar-refractivity contribution in [2.24, 2.45) is 0 Å². The average molecular weight is 297 g/mol. The molecule has 1 aliphatic heterocycles. The fraction of sp³-hybridized carbons (Fsp3) is 0.429. The molecule has 0 bridgehead atoms. The van der Waals surface area contributed by atoms with Crippen molar-refractivity contribution in [3.05, 3.63) is 34.9 Å². The van der Waals surface area contributed by atoms with E-state index in [1.54, 1.807) is 29.2 Å². The van der Waals surface area contributed by atoms with Crippen LogP contribution >= 0.6 is 11.6 Å². The molecule has 2 atom stereocenters. The number of urea groups is 1. The van der Waals surface area contributed by atoms with E-state index in [2.05, 4.69) is 5.32 Å². The van der Waals surface area contributed by atoms with Gasteiger partial charge in [0.05, 0.1) is 12.2 Å². The maximum atomic E-state index is 12.1. The molecular formula is C14H17ClN2O3. The van der Waals surface area contributed by atoms with Crippen LogP contribution in [0.25, 0.3) is 0 Å². The Morgan fingerprint density at radius 1 is 1.20 bits per heavy atom. The van der Waals surface area contributed by atoms with Gasteiger partial charge in [-0.1, -0.05) is 11.6 Å². The van der Waals surface area contributed by atoms with E-state index in [4.69, 9.17) is 16.3 Å². The molecule has 6 heteroatoms. The van der Waals surface area contributed by atoms with Gasteiger partial charge in [0.15, 0.2) is 0 Å². The Bertz CT molecular complexity index is 494. The molecule has 0 aromatic heterocycles. The van der Waals surface area contributed by atoms with Crippen molar-refractivity contribution < 1.29 is 14.3 Å². The average Bonchev–Trinajstić information content (AvgIpc) is 2.38. The Morgan fingerprint density at radius 2 is 1.75 bits per heavy atom. The quantitative estimate of drug-likeness (QED) is 0.865. The Balaban J connectivity index is 1.97. The highest BCUT2D eigenvalue weighted by Crippen LogP contribution is 2.12. The first-order valence-corrected chi connectivity index (χ1v) is 6.85. The lowest BCUT2D eigenvalue weighted by atomic mass is 10.2. The van der Waals surface area contributed by atoms with E-state index in [0.29, 0.717) is 23.7 Å². The lowest BCUT2D eigenvalue weighted by Crippen LogP contribution is -2.52. The summed E-state index contributed by atoms with van der Waals surface area (Å²) < 4.78 is 5.55. The van der Waals surface area contributed by atoms with Crippen molar-refractivity contribution in [2.45, 2.75) is 26.1 Å². The molecule has 3 amide bonds. The molecule has 1 fully saturated rings. The maximum absolute atomic E-state index is 12.1. The standard InChI is InChI=1S/C14H17ClN2O3/c1-9-7-17(8-10(2)20-9)14(19)16-13(18)11-3-5-12(15)6-4-11/h3-6,9-10H,7-8H2,1-2H3,(H,16,18,19)/t9-,10-/m0/s1. The minimum atomic E-state index is -0.432. The number of halogens is 1. The molecule has 0 radical (unpaired) electrons. The third kappa shape index (κ3) is 3.71. The number of nitrogens with one attached hydrogen (secondary N) is 1. The van der Waals surface area contributed by atoms with Crippen molar-refractivity contribution in [1.29, 1.82) is 0 Å². The van der Waals surface area contributed by atoms with Crippen LogP contribution in [0, 0.1) is 0 Å². The van der Waals surface area contributed by atoms with Crippen molar-refractivity contribution in [3.8, 4) is 0 Å². The molecule has 2 rings (SSSR count). The molecule has 5 nitrogen and oxygen atoms in total. The number of imide groups is 1. The number of amides is 3. The van der Waals surface area contributed by atoms with Gasteiger partial charge >= 0.3 is 6.03 Å². The van der Waals surface area contributed by atoms with Gasteiger partial charge in [-0.2, -0.15) is 0 Å². The van der Waals surface area contributed by atoms with Crippen LogP contribution in [-0.4, -0.2) is 42.1 Å². The topological polar surface area (TPSA) is 58.6 Å². The number of hydrogen-bond donors (Lipinski definition) is 1. The minimum absolute atomic E-state index is 0.0323. The number of hydrogen-bond acceptors (Lipinski definition) is 3. The highest BCUT2D eigenvalue weighted by atomic mass is 35.5. The van der Waals surface area contributed by atoms with E-state index >= 15 is 0 Å². The summed E-state index contributed by atoms with van der Waals surface area (Å²) in [6, 6.07) is 5.98. The van der Waals surface area contributed by atoms with Crippen LogP contribution in [0.15, 0.2) is 24.3 Å². The Labute approximate surface area is 122 Å². The monoisotopic (exact) mass is 296 g/mol. The van der Waals surface area contributed by atoms with Gasteiger partial charge in [-0.15, -0.1) is 0 Å². The summed E-state index contributed by atoms with van der Waals surface area (Å²) in [5.41, 5.74) is 0.400. The molecular weight excluding hydrogens is 280 g/mol. The smallest absolute Gasteiger partial charge is 0.324 e. The van der Waals surface area contributed by atoms with Crippen LogP contribution in [0.5, 0.6) is 0 Å². The fourth-order valence-corrected chi connectivity index (χ4v) is 2.32. The van der Waals surface area contributed by atoms with Crippen molar-refractivity contribution in [2.75, 3.05) is 13.1 Å². The van der Waals surface area contributed by atoms with Crippen LogP contribution < -0.4 is 5.32 Å². The van der Waals surface area contributed by atoms with Gasteiger partial charge < -0.3 is 9.64 Å². The fourth-order valence-electron chi connectivity index (χ4n) is 2.19. The molecule has 108 valence electrons. The molecule has 0 spiro atoms. The summed E-state index contributed by atoms with van der Waals surface area (Å²) in [4.78, 5) is 25.6. The Hall–Kier alpha value is -1.59. The second kappa shape index (κ2) is 6.24. The van der Waals surface area contributed by atoms with Gasteiger partial charge in [0.1, 0.15) is 0 Å². The number of benzene rings is 1. The molecule has 0 unspecified atom stereocenters. The second-order valence-corrected chi connectivity index (χ2v) is 5.36. The molecule has 1 heterocycles. The highest BCUT2D eigenvalue weighted by Gasteiger charge is 2.26. The first-order valence-electron chi connectivity index (χ1n) is 6.47. The van der Waals surface area contributed by atoms with E-state index < -0.39 is 11.9 Å². The number of carbonyl (C=O) groups excluding carboxylic acids is 2. The van der Waals surface area contributed by atoms with Crippen LogP contribution in [0.1, 0.15) is 24.2 Å². The molecule has 0 saturated carbocycles. The maximum Gasteiger partial charge on any atom is 0.324 e. The Kier molecular flexibility index (Phi) is 4.62. The normalized spacial score (nSPS) is 22.4. The van der Waals surface area contributed by atoms with Gasteiger partial charge in [-0.3, -0.25) is 10.1 Å². The van der Waals surface area contributed by atoms with E-state index in [-0.39, 0.29) is 12.2 Å². The zero-order valence-electron chi connectivity index (χ0n) is 11.4. The number of ether oxygens (including phenoxy) is 1. The van der Waals surface area contributed by atoms with Gasteiger partial charge in [0.2, 0.25) is 0 Å². The number of morpholine rings is 1. The highest BCUT2D eigenvalue weighted by molar-refractivity contribution is 6.30. The summed E-state index contributed by atoms with van der Waals surface area (Å²) in [5, 5.41) is 2.92. The van der Waals surface area contributed by atoms with E-state index in [0.717, 1.165) is 0 Å². The first-order chi connectivity index (χ1) is 9.45. The lowest BCUT2D eigenvalue weighted by Gasteiger charge is -2.35. The number of nitrogens with zero attached hydrogens (tertiary/aromatic N) is 1. The molecule has 20 heavy (non-hydrogen) atoms. The predicted molar refractivity (Wildman–Crippen MR) is 75.9 cm³/mol. The van der Waals surface area contributed by atoms with E-state index in [9.17, 15) is 9.59 Å². The third-order valence-corrected chi connectivity index (χ3v) is 3.29. The number of carbonyl (C=O) groups is 2.